The second-order valence-electron chi connectivity index (χ2n) is 7.72. The first-order valence-corrected chi connectivity index (χ1v) is 11.2. The molecule has 4 nitrogen and oxygen atoms in total. The van der Waals surface area contributed by atoms with Gasteiger partial charge < -0.3 is 14.2 Å². The lowest BCUT2D eigenvalue weighted by Gasteiger charge is -2.20. The van der Waals surface area contributed by atoms with Crippen LogP contribution in [0.25, 0.3) is 22.0 Å². The van der Waals surface area contributed by atoms with E-state index in [9.17, 15) is 18.0 Å². The van der Waals surface area contributed by atoms with Crippen molar-refractivity contribution >= 4 is 28.6 Å². The van der Waals surface area contributed by atoms with Crippen LogP contribution in [0.5, 0.6) is 5.75 Å². The molecule has 0 bridgehead atoms. The Morgan fingerprint density at radius 3 is 2.41 bits per heavy atom. The van der Waals surface area contributed by atoms with Gasteiger partial charge in [-0.05, 0) is 55.8 Å². The Balaban J connectivity index is 1.84. The van der Waals surface area contributed by atoms with E-state index in [0.717, 1.165) is 11.6 Å². The minimum absolute atomic E-state index is 0.0664. The van der Waals surface area contributed by atoms with Crippen LogP contribution >= 0.6 is 11.6 Å². The Morgan fingerprint density at radius 1 is 0.971 bits per heavy atom. The number of ether oxygens (including phenoxy) is 1. The largest absolute Gasteiger partial charge is 0.415 e. The molecule has 8 heteroatoms. The SMILES string of the molecule is CCN(CC)C(=O)Oc1ccc2c(ccn2Cc2ccc(F)cc2F)c1-c1ccc(F)c(Cl)c1. The van der Waals surface area contributed by atoms with Gasteiger partial charge in [-0.2, -0.15) is 0 Å². The van der Waals surface area contributed by atoms with Gasteiger partial charge in [0.1, 0.15) is 23.2 Å². The molecule has 4 rings (SSSR count). The summed E-state index contributed by atoms with van der Waals surface area (Å²) in [7, 11) is 0. The fraction of sp³-hybridized carbons (Fsp3) is 0.192. The molecule has 1 amide bonds. The van der Waals surface area contributed by atoms with E-state index in [4.69, 9.17) is 16.3 Å². The summed E-state index contributed by atoms with van der Waals surface area (Å²) >= 11 is 6.04. The molecule has 0 fully saturated rings. The highest BCUT2D eigenvalue weighted by molar-refractivity contribution is 6.31. The molecule has 4 aromatic rings. The van der Waals surface area contributed by atoms with E-state index in [1.165, 1.54) is 29.2 Å². The second-order valence-corrected chi connectivity index (χ2v) is 8.13. The van der Waals surface area contributed by atoms with Gasteiger partial charge in [0.05, 0.1) is 11.6 Å². The summed E-state index contributed by atoms with van der Waals surface area (Å²) < 4.78 is 48.9. The van der Waals surface area contributed by atoms with Gasteiger partial charge in [0.25, 0.3) is 0 Å². The minimum Gasteiger partial charge on any atom is -0.410 e. The van der Waals surface area contributed by atoms with Crippen molar-refractivity contribution in [2.75, 3.05) is 13.1 Å². The molecule has 0 aliphatic carbocycles. The number of aromatic nitrogens is 1. The van der Waals surface area contributed by atoms with Crippen LogP contribution in [0.15, 0.2) is 60.8 Å². The van der Waals surface area contributed by atoms with Crippen LogP contribution in [0.1, 0.15) is 19.4 Å². The summed E-state index contributed by atoms with van der Waals surface area (Å²) in [4.78, 5) is 14.2. The van der Waals surface area contributed by atoms with E-state index >= 15 is 0 Å². The summed E-state index contributed by atoms with van der Waals surface area (Å²) in [6.45, 7) is 4.83. The molecule has 0 N–H and O–H groups in total. The fourth-order valence-corrected chi connectivity index (χ4v) is 4.08. The minimum atomic E-state index is -0.645. The van der Waals surface area contributed by atoms with Gasteiger partial charge in [0.15, 0.2) is 0 Å². The molecule has 1 aromatic heterocycles. The van der Waals surface area contributed by atoms with Crippen LogP contribution in [0, 0.1) is 17.5 Å². The second kappa shape index (κ2) is 9.81. The summed E-state index contributed by atoms with van der Waals surface area (Å²) in [5.41, 5.74) is 2.16. The quantitative estimate of drug-likeness (QED) is 0.287. The van der Waals surface area contributed by atoms with E-state index in [2.05, 4.69) is 0 Å². The lowest BCUT2D eigenvalue weighted by Crippen LogP contribution is -2.33. The number of hydrogen-bond acceptors (Lipinski definition) is 2. The van der Waals surface area contributed by atoms with E-state index in [0.29, 0.717) is 35.2 Å². The zero-order chi connectivity index (χ0) is 24.4. The van der Waals surface area contributed by atoms with Crippen LogP contribution in [0.3, 0.4) is 0 Å². The maximum atomic E-state index is 14.3. The van der Waals surface area contributed by atoms with Gasteiger partial charge in [-0.1, -0.05) is 23.7 Å². The van der Waals surface area contributed by atoms with Crippen LogP contribution in [-0.4, -0.2) is 28.6 Å². The molecular formula is C26H22ClF3N2O2. The molecule has 34 heavy (non-hydrogen) atoms. The number of carbonyl (C=O) groups is 1. The highest BCUT2D eigenvalue weighted by atomic mass is 35.5. The van der Waals surface area contributed by atoms with E-state index in [-0.39, 0.29) is 17.3 Å². The van der Waals surface area contributed by atoms with Crippen molar-refractivity contribution in [3.05, 3.63) is 88.8 Å². The zero-order valence-corrected chi connectivity index (χ0v) is 19.4. The van der Waals surface area contributed by atoms with Gasteiger partial charge in [0.2, 0.25) is 0 Å². The molecule has 0 unspecified atom stereocenters. The number of nitrogens with zero attached hydrogens (tertiary/aromatic N) is 2. The highest BCUT2D eigenvalue weighted by Gasteiger charge is 2.20. The molecular weight excluding hydrogens is 465 g/mol. The van der Waals surface area contributed by atoms with Gasteiger partial charge in [-0.25, -0.2) is 18.0 Å². The summed E-state index contributed by atoms with van der Waals surface area (Å²) in [6, 6.07) is 12.9. The lowest BCUT2D eigenvalue weighted by atomic mass is 10.0. The van der Waals surface area contributed by atoms with Crippen molar-refractivity contribution in [2.24, 2.45) is 0 Å². The number of carbonyl (C=O) groups excluding carboxylic acids is 1. The van der Waals surface area contributed by atoms with Gasteiger partial charge >= 0.3 is 6.09 Å². The first-order chi connectivity index (χ1) is 16.3. The highest BCUT2D eigenvalue weighted by Crippen LogP contribution is 2.39. The average molecular weight is 487 g/mol. The van der Waals surface area contributed by atoms with E-state index in [1.54, 1.807) is 35.0 Å². The average Bonchev–Trinajstić information content (AvgIpc) is 3.21. The lowest BCUT2D eigenvalue weighted by molar-refractivity contribution is 0.157. The van der Waals surface area contributed by atoms with Crippen molar-refractivity contribution in [3.63, 3.8) is 0 Å². The Kier molecular flexibility index (Phi) is 6.84. The summed E-state index contributed by atoms with van der Waals surface area (Å²) in [5.74, 6) is -1.56. The topological polar surface area (TPSA) is 34.5 Å². The number of hydrogen-bond donors (Lipinski definition) is 0. The fourth-order valence-electron chi connectivity index (χ4n) is 3.90. The first kappa shape index (κ1) is 23.7. The van der Waals surface area contributed by atoms with Gasteiger partial charge in [0, 0.05) is 47.4 Å². The molecule has 1 heterocycles. The number of rotatable bonds is 6. The number of benzene rings is 3. The molecule has 3 aromatic carbocycles. The van der Waals surface area contributed by atoms with Crippen LogP contribution in [0.4, 0.5) is 18.0 Å². The molecule has 0 saturated heterocycles. The van der Waals surface area contributed by atoms with Crippen LogP contribution in [0.2, 0.25) is 5.02 Å². The number of halogens is 4. The third-order valence-electron chi connectivity index (χ3n) is 5.70. The molecule has 0 spiro atoms. The molecule has 0 atom stereocenters. The van der Waals surface area contributed by atoms with Gasteiger partial charge in [-0.15, -0.1) is 0 Å². The number of amides is 1. The van der Waals surface area contributed by atoms with Crippen molar-refractivity contribution < 1.29 is 22.7 Å². The smallest absolute Gasteiger partial charge is 0.410 e. The van der Waals surface area contributed by atoms with Crippen molar-refractivity contribution in [3.8, 4) is 16.9 Å². The standard InChI is InChI=1S/C26H22ClF3N2O2/c1-3-31(4-2)26(33)34-24-10-9-23-19(25(24)16-6-8-21(29)20(27)13-16)11-12-32(23)15-17-5-7-18(28)14-22(17)30/h5-14H,3-4,15H2,1-2H3. The molecule has 0 radical (unpaired) electrons. The van der Waals surface area contributed by atoms with Crippen molar-refractivity contribution in [2.45, 2.75) is 20.4 Å². The predicted octanol–water partition coefficient (Wildman–Crippen LogP) is 7.27. The van der Waals surface area contributed by atoms with Gasteiger partial charge in [-0.3, -0.25) is 0 Å². The van der Waals surface area contributed by atoms with Crippen molar-refractivity contribution in [1.29, 1.82) is 0 Å². The molecule has 0 aliphatic rings. The Morgan fingerprint density at radius 2 is 1.74 bits per heavy atom. The maximum absolute atomic E-state index is 14.3. The first-order valence-electron chi connectivity index (χ1n) is 10.8. The predicted molar refractivity (Wildman–Crippen MR) is 127 cm³/mol. The van der Waals surface area contributed by atoms with Crippen LogP contribution < -0.4 is 4.74 Å². The molecule has 0 saturated carbocycles. The Bertz CT molecular complexity index is 1370. The summed E-state index contributed by atoms with van der Waals surface area (Å²) in [5, 5.41) is 0.637. The number of fused-ring (bicyclic) bond motifs is 1. The monoisotopic (exact) mass is 486 g/mol. The normalized spacial score (nSPS) is 11.1. The maximum Gasteiger partial charge on any atom is 0.415 e. The Hall–Kier alpha value is -3.45. The third kappa shape index (κ3) is 4.61. The van der Waals surface area contributed by atoms with Crippen LogP contribution in [-0.2, 0) is 6.54 Å². The third-order valence-corrected chi connectivity index (χ3v) is 5.99. The van der Waals surface area contributed by atoms with E-state index < -0.39 is 23.5 Å². The summed E-state index contributed by atoms with van der Waals surface area (Å²) in [6.07, 6.45) is 1.25. The Labute approximate surface area is 200 Å². The molecule has 0 aliphatic heterocycles. The van der Waals surface area contributed by atoms with E-state index in [1.807, 2.05) is 13.8 Å². The zero-order valence-electron chi connectivity index (χ0n) is 18.6. The van der Waals surface area contributed by atoms with Crippen molar-refractivity contribution in [1.82, 2.24) is 9.47 Å². The molecule has 176 valence electrons.